The molecule has 1 N–H and O–H groups in total. The van der Waals surface area contributed by atoms with E-state index in [0.29, 0.717) is 6.61 Å². The molecule has 0 aliphatic carbocycles. The average Bonchev–Trinajstić information content (AvgIpc) is 3.03. The van der Waals surface area contributed by atoms with Crippen molar-refractivity contribution in [2.45, 2.75) is 25.4 Å². The number of thiophene rings is 1. The lowest BCUT2D eigenvalue weighted by Gasteiger charge is -2.17. The largest absolute Gasteiger partial charge is 0.495 e. The molecule has 0 spiro atoms. The second kappa shape index (κ2) is 4.79. The van der Waals surface area contributed by atoms with Crippen LogP contribution in [0.2, 0.25) is 0 Å². The van der Waals surface area contributed by atoms with Gasteiger partial charge in [0.1, 0.15) is 17.6 Å². The van der Waals surface area contributed by atoms with Gasteiger partial charge in [-0.2, -0.15) is 0 Å². The number of hydrogen-bond donors (Lipinski definition) is 1. The summed E-state index contributed by atoms with van der Waals surface area (Å²) in [7, 11) is 1.62. The van der Waals surface area contributed by atoms with Crippen molar-refractivity contribution in [2.24, 2.45) is 0 Å². The maximum absolute atomic E-state index is 10.6. The second-order valence-corrected chi connectivity index (χ2v) is 6.63. The van der Waals surface area contributed by atoms with Crippen molar-refractivity contribution in [1.29, 1.82) is 0 Å². The molecule has 1 aromatic carbocycles. The van der Waals surface area contributed by atoms with Crippen LogP contribution in [0.1, 0.15) is 36.0 Å². The number of methoxy groups -OCH3 is 1. The first-order valence-corrected chi connectivity index (χ1v) is 7.47. The summed E-state index contributed by atoms with van der Waals surface area (Å²) in [5.74, 6) is 1.66. The highest BCUT2D eigenvalue weighted by molar-refractivity contribution is 7.10. The van der Waals surface area contributed by atoms with E-state index in [-0.39, 0.29) is 5.41 Å². The van der Waals surface area contributed by atoms with E-state index in [4.69, 9.17) is 9.47 Å². The predicted octanol–water partition coefficient (Wildman–Crippen LogP) is 3.51. The number of aliphatic hydroxyl groups excluding tert-OH is 1. The van der Waals surface area contributed by atoms with E-state index < -0.39 is 6.10 Å². The first-order valence-electron chi connectivity index (χ1n) is 6.59. The molecular weight excluding hydrogens is 272 g/mol. The van der Waals surface area contributed by atoms with E-state index >= 15 is 0 Å². The molecule has 3 rings (SSSR count). The minimum Gasteiger partial charge on any atom is -0.495 e. The Kier molecular flexibility index (Phi) is 3.22. The second-order valence-electron chi connectivity index (χ2n) is 5.68. The summed E-state index contributed by atoms with van der Waals surface area (Å²) in [6.45, 7) is 4.99. The molecular formula is C16H18O3S. The Morgan fingerprint density at radius 2 is 2.15 bits per heavy atom. The SMILES string of the molecule is COc1ccsc1C(O)c1ccc2c(c1)C(C)(C)CO2. The number of aliphatic hydroxyl groups is 1. The van der Waals surface area contributed by atoms with Gasteiger partial charge in [-0.05, 0) is 29.1 Å². The molecule has 4 heteroatoms. The fourth-order valence-corrected chi connectivity index (χ4v) is 3.41. The molecule has 3 nitrogen and oxygen atoms in total. The van der Waals surface area contributed by atoms with Gasteiger partial charge in [0.15, 0.2) is 0 Å². The highest BCUT2D eigenvalue weighted by Gasteiger charge is 2.32. The maximum atomic E-state index is 10.6. The molecule has 0 radical (unpaired) electrons. The number of fused-ring (bicyclic) bond motifs is 1. The Labute approximate surface area is 122 Å². The number of ether oxygens (including phenoxy) is 2. The Morgan fingerprint density at radius 1 is 1.35 bits per heavy atom. The van der Waals surface area contributed by atoms with E-state index in [9.17, 15) is 5.11 Å². The lowest BCUT2D eigenvalue weighted by molar-refractivity contribution is 0.219. The quantitative estimate of drug-likeness (QED) is 0.940. The minimum atomic E-state index is -0.661. The van der Waals surface area contributed by atoms with Crippen LogP contribution in [0.3, 0.4) is 0 Å². The Hall–Kier alpha value is -1.52. The molecule has 2 heterocycles. The molecule has 1 atom stereocenters. The standard InChI is InChI=1S/C16H18O3S/c1-16(2)9-19-12-5-4-10(8-11(12)16)14(17)15-13(18-3)6-7-20-15/h4-8,14,17H,9H2,1-3H3. The summed E-state index contributed by atoms with van der Waals surface area (Å²) in [4.78, 5) is 0.837. The van der Waals surface area contributed by atoms with Crippen molar-refractivity contribution in [3.05, 3.63) is 45.6 Å². The van der Waals surface area contributed by atoms with Crippen LogP contribution in [0.25, 0.3) is 0 Å². The van der Waals surface area contributed by atoms with Gasteiger partial charge in [-0.3, -0.25) is 0 Å². The Balaban J connectivity index is 2.00. The van der Waals surface area contributed by atoms with Crippen molar-refractivity contribution >= 4 is 11.3 Å². The number of hydrogen-bond acceptors (Lipinski definition) is 4. The van der Waals surface area contributed by atoms with Gasteiger partial charge >= 0.3 is 0 Å². The van der Waals surface area contributed by atoms with Crippen LogP contribution in [0.15, 0.2) is 29.6 Å². The lowest BCUT2D eigenvalue weighted by atomic mass is 9.85. The fourth-order valence-electron chi connectivity index (χ4n) is 2.54. The third kappa shape index (κ3) is 2.09. The Bertz CT molecular complexity index is 630. The zero-order valence-corrected chi connectivity index (χ0v) is 12.7. The first kappa shape index (κ1) is 13.5. The molecule has 2 aromatic rings. The van der Waals surface area contributed by atoms with Crippen molar-refractivity contribution in [3.63, 3.8) is 0 Å². The van der Waals surface area contributed by atoms with Crippen LogP contribution in [0, 0.1) is 0 Å². The van der Waals surface area contributed by atoms with Crippen LogP contribution in [-0.2, 0) is 5.41 Å². The molecule has 1 aromatic heterocycles. The molecule has 0 amide bonds. The highest BCUT2D eigenvalue weighted by atomic mass is 32.1. The van der Waals surface area contributed by atoms with Crippen LogP contribution in [0.4, 0.5) is 0 Å². The third-order valence-electron chi connectivity index (χ3n) is 3.76. The number of rotatable bonds is 3. The fraction of sp³-hybridized carbons (Fsp3) is 0.375. The Morgan fingerprint density at radius 3 is 2.90 bits per heavy atom. The zero-order valence-electron chi connectivity index (χ0n) is 11.8. The van der Waals surface area contributed by atoms with Crippen molar-refractivity contribution in [1.82, 2.24) is 0 Å². The molecule has 0 saturated carbocycles. The van der Waals surface area contributed by atoms with Gasteiger partial charge < -0.3 is 14.6 Å². The van der Waals surface area contributed by atoms with Gasteiger partial charge in [0.25, 0.3) is 0 Å². The van der Waals surface area contributed by atoms with Gasteiger partial charge in [0, 0.05) is 11.0 Å². The molecule has 0 fully saturated rings. The normalized spacial score (nSPS) is 17.4. The van der Waals surface area contributed by atoms with Crippen LogP contribution in [-0.4, -0.2) is 18.8 Å². The topological polar surface area (TPSA) is 38.7 Å². The smallest absolute Gasteiger partial charge is 0.135 e. The van der Waals surface area contributed by atoms with Gasteiger partial charge in [0.05, 0.1) is 18.6 Å². The van der Waals surface area contributed by atoms with E-state index in [1.165, 1.54) is 11.3 Å². The van der Waals surface area contributed by atoms with Crippen molar-refractivity contribution in [3.8, 4) is 11.5 Å². The highest BCUT2D eigenvalue weighted by Crippen LogP contribution is 2.41. The minimum absolute atomic E-state index is 0.00933. The summed E-state index contributed by atoms with van der Waals surface area (Å²) in [6.07, 6.45) is -0.661. The molecule has 1 unspecified atom stereocenters. The molecule has 0 saturated heterocycles. The molecule has 1 aliphatic heterocycles. The average molecular weight is 290 g/mol. The van der Waals surface area contributed by atoms with Crippen molar-refractivity contribution in [2.75, 3.05) is 13.7 Å². The predicted molar refractivity (Wildman–Crippen MR) is 79.9 cm³/mol. The van der Waals surface area contributed by atoms with Crippen LogP contribution >= 0.6 is 11.3 Å². The van der Waals surface area contributed by atoms with E-state index in [0.717, 1.165) is 27.5 Å². The summed E-state index contributed by atoms with van der Waals surface area (Å²) in [6, 6.07) is 7.79. The summed E-state index contributed by atoms with van der Waals surface area (Å²) < 4.78 is 11.0. The van der Waals surface area contributed by atoms with Gasteiger partial charge in [0.2, 0.25) is 0 Å². The van der Waals surface area contributed by atoms with Gasteiger partial charge in [-0.25, -0.2) is 0 Å². The van der Waals surface area contributed by atoms with E-state index in [1.807, 2.05) is 29.6 Å². The molecule has 20 heavy (non-hydrogen) atoms. The summed E-state index contributed by atoms with van der Waals surface area (Å²) in [5, 5.41) is 12.5. The van der Waals surface area contributed by atoms with Gasteiger partial charge in [-0.15, -0.1) is 11.3 Å². The first-order chi connectivity index (χ1) is 9.53. The van der Waals surface area contributed by atoms with Gasteiger partial charge in [-0.1, -0.05) is 19.9 Å². The van der Waals surface area contributed by atoms with E-state index in [1.54, 1.807) is 7.11 Å². The molecule has 106 valence electrons. The van der Waals surface area contributed by atoms with Crippen LogP contribution in [0.5, 0.6) is 11.5 Å². The monoisotopic (exact) mass is 290 g/mol. The molecule has 1 aliphatic rings. The van der Waals surface area contributed by atoms with Crippen molar-refractivity contribution < 1.29 is 14.6 Å². The van der Waals surface area contributed by atoms with Crippen LogP contribution < -0.4 is 9.47 Å². The maximum Gasteiger partial charge on any atom is 0.135 e. The lowest BCUT2D eigenvalue weighted by Crippen LogP contribution is -2.18. The summed E-state index contributed by atoms with van der Waals surface area (Å²) in [5.41, 5.74) is 2.03. The van der Waals surface area contributed by atoms with E-state index in [2.05, 4.69) is 13.8 Å². The molecule has 0 bridgehead atoms. The summed E-state index contributed by atoms with van der Waals surface area (Å²) >= 11 is 1.50. The third-order valence-corrected chi connectivity index (χ3v) is 4.71. The number of benzene rings is 1. The zero-order chi connectivity index (χ0) is 14.3.